The second-order valence-corrected chi connectivity index (χ2v) is 4.76. The molecular formula is C13H10ClF4N3O2. The molecular weight excluding hydrogens is 342 g/mol. The average molecular weight is 352 g/mol. The predicted molar refractivity (Wildman–Crippen MR) is 72.4 cm³/mol. The van der Waals surface area contributed by atoms with Crippen LogP contribution in [0.25, 0.3) is 11.5 Å². The monoisotopic (exact) mass is 351 g/mol. The lowest BCUT2D eigenvalue weighted by Crippen LogP contribution is -2.07. The van der Waals surface area contributed by atoms with Crippen LogP contribution in [0.15, 0.2) is 12.3 Å². The van der Waals surface area contributed by atoms with E-state index >= 15 is 0 Å². The molecule has 0 saturated carbocycles. The molecule has 10 heteroatoms. The zero-order chi connectivity index (χ0) is 17.4. The number of aromatic nitrogens is 3. The van der Waals surface area contributed by atoms with Gasteiger partial charge >= 0.3 is 12.1 Å². The fourth-order valence-corrected chi connectivity index (χ4v) is 2.03. The molecule has 2 heterocycles. The molecule has 0 N–H and O–H groups in total. The second-order valence-electron chi connectivity index (χ2n) is 4.41. The van der Waals surface area contributed by atoms with E-state index in [9.17, 15) is 22.4 Å². The Morgan fingerprint density at radius 3 is 2.57 bits per heavy atom. The first-order chi connectivity index (χ1) is 10.7. The SMILES string of the molecule is CCOC(=O)c1cnc(-c2nc(C(F)(F)F)c(Cl)n2C)c(F)c1. The van der Waals surface area contributed by atoms with Crippen molar-refractivity contribution >= 4 is 17.6 Å². The van der Waals surface area contributed by atoms with Crippen LogP contribution in [0.3, 0.4) is 0 Å². The molecule has 0 aliphatic carbocycles. The van der Waals surface area contributed by atoms with Crippen LogP contribution in [0.4, 0.5) is 17.6 Å². The molecule has 0 aliphatic heterocycles. The van der Waals surface area contributed by atoms with Crippen molar-refractivity contribution in [2.75, 3.05) is 6.61 Å². The second kappa shape index (κ2) is 6.15. The lowest BCUT2D eigenvalue weighted by atomic mass is 10.2. The van der Waals surface area contributed by atoms with E-state index in [0.29, 0.717) is 0 Å². The fourth-order valence-electron chi connectivity index (χ4n) is 1.80. The normalized spacial score (nSPS) is 11.6. The van der Waals surface area contributed by atoms with Gasteiger partial charge in [-0.1, -0.05) is 11.6 Å². The van der Waals surface area contributed by atoms with Gasteiger partial charge in [0.25, 0.3) is 0 Å². The summed E-state index contributed by atoms with van der Waals surface area (Å²) in [5.74, 6) is -2.22. The molecule has 124 valence electrons. The number of rotatable bonds is 3. The first kappa shape index (κ1) is 17.2. The van der Waals surface area contributed by atoms with Gasteiger partial charge in [-0.3, -0.25) is 0 Å². The summed E-state index contributed by atoms with van der Waals surface area (Å²) < 4.78 is 58.0. The van der Waals surface area contributed by atoms with Gasteiger partial charge in [0.2, 0.25) is 0 Å². The Balaban J connectivity index is 2.50. The topological polar surface area (TPSA) is 57.0 Å². The lowest BCUT2D eigenvalue weighted by molar-refractivity contribution is -0.140. The molecule has 0 atom stereocenters. The summed E-state index contributed by atoms with van der Waals surface area (Å²) in [5, 5.41) is -0.692. The Hall–Kier alpha value is -2.16. The van der Waals surface area contributed by atoms with Crippen LogP contribution in [0.1, 0.15) is 23.0 Å². The maximum absolute atomic E-state index is 14.1. The quantitative estimate of drug-likeness (QED) is 0.627. The molecule has 0 unspecified atom stereocenters. The highest BCUT2D eigenvalue weighted by Gasteiger charge is 2.38. The van der Waals surface area contributed by atoms with Gasteiger partial charge < -0.3 is 9.30 Å². The Morgan fingerprint density at radius 2 is 2.09 bits per heavy atom. The summed E-state index contributed by atoms with van der Waals surface area (Å²) in [6.07, 6.45) is -3.79. The summed E-state index contributed by atoms with van der Waals surface area (Å²) in [6.45, 7) is 1.66. The minimum absolute atomic E-state index is 0.0894. The molecule has 2 aromatic rings. The number of nitrogens with zero attached hydrogens (tertiary/aromatic N) is 3. The molecule has 0 aromatic carbocycles. The number of carbonyl (C=O) groups excluding carboxylic acids is 1. The minimum atomic E-state index is -4.78. The number of esters is 1. The van der Waals surface area contributed by atoms with Gasteiger partial charge in [-0.25, -0.2) is 19.2 Å². The van der Waals surface area contributed by atoms with Crippen LogP contribution in [-0.2, 0) is 18.0 Å². The van der Waals surface area contributed by atoms with Gasteiger partial charge in [0.15, 0.2) is 17.3 Å². The molecule has 23 heavy (non-hydrogen) atoms. The first-order valence-electron chi connectivity index (χ1n) is 6.29. The van der Waals surface area contributed by atoms with Crippen LogP contribution < -0.4 is 0 Å². The Morgan fingerprint density at radius 1 is 1.43 bits per heavy atom. The lowest BCUT2D eigenvalue weighted by Gasteiger charge is -2.05. The van der Waals surface area contributed by atoms with Crippen molar-refractivity contribution in [2.45, 2.75) is 13.1 Å². The van der Waals surface area contributed by atoms with Crippen molar-refractivity contribution in [3.05, 3.63) is 34.5 Å². The van der Waals surface area contributed by atoms with Crippen molar-refractivity contribution in [3.63, 3.8) is 0 Å². The number of carbonyl (C=O) groups is 1. The average Bonchev–Trinajstić information content (AvgIpc) is 2.75. The van der Waals surface area contributed by atoms with E-state index in [2.05, 4.69) is 14.7 Å². The minimum Gasteiger partial charge on any atom is -0.462 e. The van der Waals surface area contributed by atoms with E-state index in [1.807, 2.05) is 0 Å². The standard InChI is InChI=1S/C13H10ClF4N3O2/c1-3-23-12(22)6-4-7(15)8(19-5-6)11-20-9(13(16,17)18)10(14)21(11)2/h4-5H,3H2,1-2H3. The summed E-state index contributed by atoms with van der Waals surface area (Å²) >= 11 is 5.58. The van der Waals surface area contributed by atoms with E-state index in [0.717, 1.165) is 16.8 Å². The molecule has 0 radical (unpaired) electrons. The van der Waals surface area contributed by atoms with Crippen molar-refractivity contribution in [3.8, 4) is 11.5 Å². The molecule has 2 rings (SSSR count). The van der Waals surface area contributed by atoms with Gasteiger partial charge in [0, 0.05) is 13.2 Å². The fraction of sp³-hybridized carbons (Fsp3) is 0.308. The van der Waals surface area contributed by atoms with Gasteiger partial charge in [0.1, 0.15) is 10.8 Å². The third kappa shape index (κ3) is 3.29. The Labute approximate surface area is 132 Å². The molecule has 0 fully saturated rings. The maximum Gasteiger partial charge on any atom is 0.436 e. The van der Waals surface area contributed by atoms with Crippen LogP contribution in [0, 0.1) is 5.82 Å². The molecule has 0 spiro atoms. The number of pyridine rings is 1. The number of halogens is 5. The van der Waals surface area contributed by atoms with E-state index in [1.165, 1.54) is 7.05 Å². The van der Waals surface area contributed by atoms with Gasteiger partial charge in [-0.05, 0) is 13.0 Å². The van der Waals surface area contributed by atoms with Crippen molar-refractivity contribution < 1.29 is 27.1 Å². The zero-order valence-electron chi connectivity index (χ0n) is 11.9. The molecule has 0 bridgehead atoms. The third-order valence-corrected chi connectivity index (χ3v) is 3.29. The Bertz CT molecular complexity index is 758. The summed E-state index contributed by atoms with van der Waals surface area (Å²) in [6, 6.07) is 0.816. The van der Waals surface area contributed by atoms with Crippen LogP contribution in [0.2, 0.25) is 5.15 Å². The van der Waals surface area contributed by atoms with Crippen LogP contribution >= 0.6 is 11.6 Å². The van der Waals surface area contributed by atoms with Crippen LogP contribution in [-0.4, -0.2) is 27.1 Å². The number of imidazole rings is 1. The molecule has 5 nitrogen and oxygen atoms in total. The van der Waals surface area contributed by atoms with Crippen LogP contribution in [0.5, 0.6) is 0 Å². The third-order valence-electron chi connectivity index (χ3n) is 2.86. The smallest absolute Gasteiger partial charge is 0.436 e. The zero-order valence-corrected chi connectivity index (χ0v) is 12.7. The van der Waals surface area contributed by atoms with Crippen molar-refractivity contribution in [1.29, 1.82) is 0 Å². The number of alkyl halides is 3. The summed E-state index contributed by atoms with van der Waals surface area (Å²) in [5.41, 5.74) is -1.96. The van der Waals surface area contributed by atoms with E-state index < -0.39 is 40.3 Å². The highest BCUT2D eigenvalue weighted by atomic mass is 35.5. The van der Waals surface area contributed by atoms with Gasteiger partial charge in [-0.15, -0.1) is 0 Å². The van der Waals surface area contributed by atoms with Crippen molar-refractivity contribution in [1.82, 2.24) is 14.5 Å². The first-order valence-corrected chi connectivity index (χ1v) is 6.67. The highest BCUT2D eigenvalue weighted by molar-refractivity contribution is 6.30. The number of hydrogen-bond acceptors (Lipinski definition) is 4. The predicted octanol–water partition coefficient (Wildman–Crippen LogP) is 3.47. The summed E-state index contributed by atoms with van der Waals surface area (Å²) in [7, 11) is 1.19. The highest BCUT2D eigenvalue weighted by Crippen LogP contribution is 2.36. The molecule has 0 amide bonds. The van der Waals surface area contributed by atoms with E-state index in [4.69, 9.17) is 11.6 Å². The van der Waals surface area contributed by atoms with Gasteiger partial charge in [-0.2, -0.15) is 13.2 Å². The maximum atomic E-state index is 14.1. The van der Waals surface area contributed by atoms with Crippen molar-refractivity contribution in [2.24, 2.45) is 7.05 Å². The van der Waals surface area contributed by atoms with Gasteiger partial charge in [0.05, 0.1) is 12.2 Å². The molecule has 0 aliphatic rings. The Kier molecular flexibility index (Phi) is 4.60. The molecule has 0 saturated heterocycles. The largest absolute Gasteiger partial charge is 0.462 e. The summed E-state index contributed by atoms with van der Waals surface area (Å²) in [4.78, 5) is 18.5. The molecule has 2 aromatic heterocycles. The van der Waals surface area contributed by atoms with E-state index in [-0.39, 0.29) is 12.2 Å². The number of ether oxygens (including phenoxy) is 1. The number of hydrogen-bond donors (Lipinski definition) is 0. The van der Waals surface area contributed by atoms with E-state index in [1.54, 1.807) is 6.92 Å².